The third kappa shape index (κ3) is 2.92. The van der Waals surface area contributed by atoms with E-state index in [1.54, 1.807) is 38.3 Å². The van der Waals surface area contributed by atoms with Crippen LogP contribution in [-0.4, -0.2) is 18.4 Å². The Morgan fingerprint density at radius 1 is 1.43 bits per heavy atom. The standard InChI is InChI=1S/C10H12ClNO2/c1-7(11)10(13)12-8-3-5-9(14-2)6-4-8/h3-7H,1-2H3,(H,12,13)/t7-/m0/s1. The van der Waals surface area contributed by atoms with Crippen molar-refractivity contribution < 1.29 is 9.53 Å². The number of hydrogen-bond donors (Lipinski definition) is 1. The van der Waals surface area contributed by atoms with Gasteiger partial charge in [-0.15, -0.1) is 11.6 Å². The Balaban J connectivity index is 2.64. The van der Waals surface area contributed by atoms with Crippen molar-refractivity contribution in [1.82, 2.24) is 0 Å². The molecule has 0 spiro atoms. The maximum atomic E-state index is 11.2. The van der Waals surface area contributed by atoms with Gasteiger partial charge in [0.2, 0.25) is 5.91 Å². The van der Waals surface area contributed by atoms with Crippen LogP contribution < -0.4 is 10.1 Å². The van der Waals surface area contributed by atoms with Crippen LogP contribution in [0.5, 0.6) is 5.75 Å². The zero-order chi connectivity index (χ0) is 10.6. The Bertz CT molecular complexity index is 308. The van der Waals surface area contributed by atoms with Crippen molar-refractivity contribution >= 4 is 23.2 Å². The van der Waals surface area contributed by atoms with Crippen LogP contribution in [0.3, 0.4) is 0 Å². The third-order valence-electron chi connectivity index (χ3n) is 1.72. The number of rotatable bonds is 3. The van der Waals surface area contributed by atoms with Crippen LogP contribution in [0.1, 0.15) is 6.92 Å². The topological polar surface area (TPSA) is 38.3 Å². The first-order chi connectivity index (χ1) is 6.63. The summed E-state index contributed by atoms with van der Waals surface area (Å²) in [4.78, 5) is 11.2. The van der Waals surface area contributed by atoms with E-state index in [0.29, 0.717) is 5.69 Å². The van der Waals surface area contributed by atoms with Crippen LogP contribution >= 0.6 is 11.6 Å². The lowest BCUT2D eigenvalue weighted by Gasteiger charge is -2.06. The van der Waals surface area contributed by atoms with Gasteiger partial charge in [-0.2, -0.15) is 0 Å². The molecule has 0 saturated carbocycles. The maximum absolute atomic E-state index is 11.2. The van der Waals surface area contributed by atoms with E-state index in [1.807, 2.05) is 0 Å². The highest BCUT2D eigenvalue weighted by molar-refractivity contribution is 6.32. The molecule has 0 unspecified atom stereocenters. The Morgan fingerprint density at radius 2 is 2.00 bits per heavy atom. The van der Waals surface area contributed by atoms with Gasteiger partial charge in [-0.1, -0.05) is 0 Å². The highest BCUT2D eigenvalue weighted by Crippen LogP contribution is 2.15. The highest BCUT2D eigenvalue weighted by Gasteiger charge is 2.08. The molecule has 76 valence electrons. The van der Waals surface area contributed by atoms with Crippen LogP contribution in [0.15, 0.2) is 24.3 Å². The molecule has 1 aromatic rings. The molecule has 14 heavy (non-hydrogen) atoms. The largest absolute Gasteiger partial charge is 0.497 e. The Labute approximate surface area is 88.0 Å². The molecule has 1 rings (SSSR count). The Hall–Kier alpha value is -1.22. The number of carbonyl (C=O) groups is 1. The van der Waals surface area contributed by atoms with E-state index in [1.165, 1.54) is 0 Å². The van der Waals surface area contributed by atoms with Crippen LogP contribution in [0, 0.1) is 0 Å². The number of nitrogens with one attached hydrogen (secondary N) is 1. The monoisotopic (exact) mass is 213 g/mol. The number of benzene rings is 1. The van der Waals surface area contributed by atoms with Gasteiger partial charge in [-0.05, 0) is 31.2 Å². The number of ether oxygens (including phenoxy) is 1. The van der Waals surface area contributed by atoms with E-state index >= 15 is 0 Å². The first-order valence-electron chi connectivity index (χ1n) is 4.22. The molecular weight excluding hydrogens is 202 g/mol. The molecule has 3 nitrogen and oxygen atoms in total. The summed E-state index contributed by atoms with van der Waals surface area (Å²) in [5, 5.41) is 2.14. The summed E-state index contributed by atoms with van der Waals surface area (Å²) in [6, 6.07) is 7.06. The minimum Gasteiger partial charge on any atom is -0.497 e. The first-order valence-corrected chi connectivity index (χ1v) is 4.66. The summed E-state index contributed by atoms with van der Waals surface area (Å²) < 4.78 is 4.98. The van der Waals surface area contributed by atoms with E-state index < -0.39 is 5.38 Å². The van der Waals surface area contributed by atoms with Crippen molar-refractivity contribution in [2.75, 3.05) is 12.4 Å². The van der Waals surface area contributed by atoms with Crippen molar-refractivity contribution in [2.45, 2.75) is 12.3 Å². The van der Waals surface area contributed by atoms with Gasteiger partial charge in [0, 0.05) is 5.69 Å². The number of carbonyl (C=O) groups excluding carboxylic acids is 1. The van der Waals surface area contributed by atoms with Crippen LogP contribution in [0.2, 0.25) is 0 Å². The Kier molecular flexibility index (Phi) is 3.77. The van der Waals surface area contributed by atoms with Crippen LogP contribution in [0.25, 0.3) is 0 Å². The smallest absolute Gasteiger partial charge is 0.242 e. The summed E-state index contributed by atoms with van der Waals surface area (Å²) in [5.41, 5.74) is 0.711. The molecule has 1 amide bonds. The van der Waals surface area contributed by atoms with E-state index in [9.17, 15) is 4.79 Å². The number of methoxy groups -OCH3 is 1. The van der Waals surface area contributed by atoms with Crippen molar-refractivity contribution in [1.29, 1.82) is 0 Å². The van der Waals surface area contributed by atoms with Gasteiger partial charge in [-0.25, -0.2) is 0 Å². The average molecular weight is 214 g/mol. The molecule has 0 heterocycles. The molecule has 0 fully saturated rings. The van der Waals surface area contributed by atoms with Crippen molar-refractivity contribution in [3.8, 4) is 5.75 Å². The van der Waals surface area contributed by atoms with Crippen LogP contribution in [-0.2, 0) is 4.79 Å². The second-order valence-corrected chi connectivity index (χ2v) is 3.49. The molecule has 0 aromatic heterocycles. The van der Waals surface area contributed by atoms with Crippen molar-refractivity contribution in [2.24, 2.45) is 0 Å². The summed E-state index contributed by atoms with van der Waals surface area (Å²) in [7, 11) is 1.59. The van der Waals surface area contributed by atoms with E-state index in [4.69, 9.17) is 16.3 Å². The summed E-state index contributed by atoms with van der Waals surface area (Å²) in [5.74, 6) is 0.541. The molecule has 1 N–H and O–H groups in total. The number of halogens is 1. The molecule has 1 aromatic carbocycles. The third-order valence-corrected chi connectivity index (χ3v) is 1.92. The summed E-state index contributed by atoms with van der Waals surface area (Å²) in [6.07, 6.45) is 0. The van der Waals surface area contributed by atoms with Gasteiger partial charge in [0.25, 0.3) is 0 Å². The molecular formula is C10H12ClNO2. The lowest BCUT2D eigenvalue weighted by Crippen LogP contribution is -2.20. The predicted octanol–water partition coefficient (Wildman–Crippen LogP) is 2.26. The molecule has 0 radical (unpaired) electrons. The molecule has 0 bridgehead atoms. The number of alkyl halides is 1. The number of anilines is 1. The SMILES string of the molecule is COc1ccc(NC(=O)[C@H](C)Cl)cc1. The fraction of sp³-hybridized carbons (Fsp3) is 0.300. The average Bonchev–Trinajstić information content (AvgIpc) is 2.19. The normalized spacial score (nSPS) is 11.9. The highest BCUT2D eigenvalue weighted by atomic mass is 35.5. The fourth-order valence-corrected chi connectivity index (χ4v) is 0.971. The van der Waals surface area contributed by atoms with Crippen molar-refractivity contribution in [3.63, 3.8) is 0 Å². The fourth-order valence-electron chi connectivity index (χ4n) is 0.916. The van der Waals surface area contributed by atoms with E-state index in [2.05, 4.69) is 5.32 Å². The molecule has 0 aliphatic carbocycles. The van der Waals surface area contributed by atoms with E-state index in [-0.39, 0.29) is 5.91 Å². The second kappa shape index (κ2) is 4.86. The van der Waals surface area contributed by atoms with Gasteiger partial charge >= 0.3 is 0 Å². The molecule has 0 aliphatic rings. The summed E-state index contributed by atoms with van der Waals surface area (Å²) in [6.45, 7) is 1.63. The molecule has 1 atom stereocenters. The summed E-state index contributed by atoms with van der Waals surface area (Å²) >= 11 is 5.60. The minimum absolute atomic E-state index is 0.211. The van der Waals surface area contributed by atoms with Crippen molar-refractivity contribution in [3.05, 3.63) is 24.3 Å². The Morgan fingerprint density at radius 3 is 2.43 bits per heavy atom. The zero-order valence-corrected chi connectivity index (χ0v) is 8.84. The molecule has 0 saturated heterocycles. The van der Waals surface area contributed by atoms with Gasteiger partial charge < -0.3 is 10.1 Å². The second-order valence-electron chi connectivity index (χ2n) is 2.83. The van der Waals surface area contributed by atoms with E-state index in [0.717, 1.165) is 5.75 Å². The molecule has 0 aliphatic heterocycles. The zero-order valence-electron chi connectivity index (χ0n) is 8.08. The van der Waals surface area contributed by atoms with Gasteiger partial charge in [0.15, 0.2) is 0 Å². The van der Waals surface area contributed by atoms with Gasteiger partial charge in [0.05, 0.1) is 7.11 Å². The first kappa shape index (κ1) is 10.9. The molecule has 4 heteroatoms. The minimum atomic E-state index is -0.530. The quantitative estimate of drug-likeness (QED) is 0.783. The lowest BCUT2D eigenvalue weighted by molar-refractivity contribution is -0.115. The van der Waals surface area contributed by atoms with Gasteiger partial charge in [0.1, 0.15) is 11.1 Å². The van der Waals surface area contributed by atoms with Gasteiger partial charge in [-0.3, -0.25) is 4.79 Å². The maximum Gasteiger partial charge on any atom is 0.242 e. The lowest BCUT2D eigenvalue weighted by atomic mass is 10.3. The predicted molar refractivity (Wildman–Crippen MR) is 56.9 cm³/mol. The van der Waals surface area contributed by atoms with Crippen LogP contribution in [0.4, 0.5) is 5.69 Å². The number of hydrogen-bond acceptors (Lipinski definition) is 2. The number of amides is 1.